The van der Waals surface area contributed by atoms with E-state index in [1.54, 1.807) is 41.7 Å². The van der Waals surface area contributed by atoms with Crippen molar-refractivity contribution >= 4 is 17.1 Å². The Kier molecular flexibility index (Phi) is 5.35. The minimum absolute atomic E-state index is 0.115. The number of hydrogen-bond donors (Lipinski definition) is 0. The lowest BCUT2D eigenvalue weighted by molar-refractivity contribution is 0.0966. The van der Waals surface area contributed by atoms with E-state index in [-0.39, 0.29) is 17.9 Å². The first-order valence-electron chi connectivity index (χ1n) is 9.10. The van der Waals surface area contributed by atoms with E-state index in [9.17, 15) is 9.59 Å². The molecule has 0 saturated carbocycles. The van der Waals surface area contributed by atoms with E-state index in [1.807, 2.05) is 49.4 Å². The second-order valence-corrected chi connectivity index (χ2v) is 7.78. The van der Waals surface area contributed by atoms with E-state index in [1.165, 1.54) is 10.7 Å². The van der Waals surface area contributed by atoms with Gasteiger partial charge in [0.05, 0.1) is 4.88 Å². The molecule has 0 aliphatic heterocycles. The maximum absolute atomic E-state index is 12.6. The monoisotopic (exact) mass is 402 g/mol. The van der Waals surface area contributed by atoms with Gasteiger partial charge in [-0.15, -0.1) is 11.3 Å². The van der Waals surface area contributed by atoms with Crippen LogP contribution < -0.4 is 10.3 Å². The molecule has 144 valence electrons. The Morgan fingerprint density at radius 3 is 2.34 bits per heavy atom. The summed E-state index contributed by atoms with van der Waals surface area (Å²) in [6.07, 6.45) is 0. The molecule has 0 radical (unpaired) electrons. The molecule has 0 atom stereocenters. The van der Waals surface area contributed by atoms with Crippen LogP contribution in [0.15, 0.2) is 83.7 Å². The van der Waals surface area contributed by atoms with Gasteiger partial charge in [0.1, 0.15) is 23.7 Å². The highest BCUT2D eigenvalue weighted by Gasteiger charge is 2.11. The van der Waals surface area contributed by atoms with Crippen molar-refractivity contribution in [2.24, 2.45) is 0 Å². The van der Waals surface area contributed by atoms with Gasteiger partial charge in [0, 0.05) is 16.5 Å². The number of hydrogen-bond acceptors (Lipinski definition) is 5. The molecule has 0 bridgehead atoms. The number of Topliss-reactive ketones (excluding diaryl/α,β-unsaturated/α-hetero) is 1. The first-order valence-corrected chi connectivity index (χ1v) is 9.91. The fraction of sp³-hybridized carbons (Fsp3) is 0.0870. The molecule has 4 aromatic rings. The minimum atomic E-state index is -0.306. The molecule has 0 N–H and O–H groups in total. The second-order valence-electron chi connectivity index (χ2n) is 6.49. The van der Waals surface area contributed by atoms with Gasteiger partial charge in [-0.1, -0.05) is 18.2 Å². The summed E-state index contributed by atoms with van der Waals surface area (Å²) in [5, 5.41) is 4.36. The van der Waals surface area contributed by atoms with Crippen LogP contribution in [-0.2, 0) is 6.54 Å². The summed E-state index contributed by atoms with van der Waals surface area (Å²) in [7, 11) is 0. The summed E-state index contributed by atoms with van der Waals surface area (Å²) >= 11 is 1.60. The van der Waals surface area contributed by atoms with Crippen molar-refractivity contribution in [3.63, 3.8) is 0 Å². The molecule has 29 heavy (non-hydrogen) atoms. The number of ether oxygens (including phenoxy) is 1. The Labute approximate surface area is 171 Å². The Hall–Kier alpha value is -3.51. The second kappa shape index (κ2) is 8.24. The number of ketones is 1. The van der Waals surface area contributed by atoms with Crippen LogP contribution in [0.25, 0.3) is 10.6 Å². The molecule has 2 heterocycles. The average molecular weight is 402 g/mol. The molecule has 4 rings (SSSR count). The lowest BCUT2D eigenvalue weighted by Crippen LogP contribution is -2.26. The molecule has 0 fully saturated rings. The van der Waals surface area contributed by atoms with Crippen LogP contribution in [0.4, 0.5) is 0 Å². The van der Waals surface area contributed by atoms with E-state index < -0.39 is 0 Å². The Balaban J connectivity index is 1.50. The van der Waals surface area contributed by atoms with Crippen molar-refractivity contribution in [1.82, 2.24) is 9.78 Å². The standard InChI is InChI=1S/C23H18N2O3S/c1-16-7-13-22(29-16)20-12-14-23(27)25(24-20)15-21(26)17-8-10-19(11-9-17)28-18-5-3-2-4-6-18/h2-14H,15H2,1H3. The zero-order chi connectivity index (χ0) is 20.2. The van der Waals surface area contributed by atoms with Crippen molar-refractivity contribution < 1.29 is 9.53 Å². The Morgan fingerprint density at radius 1 is 0.931 bits per heavy atom. The number of carbonyl (C=O) groups is 1. The summed E-state index contributed by atoms with van der Waals surface area (Å²) < 4.78 is 6.95. The highest BCUT2D eigenvalue weighted by molar-refractivity contribution is 7.15. The van der Waals surface area contributed by atoms with E-state index in [2.05, 4.69) is 5.10 Å². The van der Waals surface area contributed by atoms with Crippen molar-refractivity contribution in [1.29, 1.82) is 0 Å². The molecule has 0 saturated heterocycles. The van der Waals surface area contributed by atoms with E-state index in [4.69, 9.17) is 4.74 Å². The number of para-hydroxylation sites is 1. The van der Waals surface area contributed by atoms with Gasteiger partial charge in [-0.25, -0.2) is 4.68 Å². The lowest BCUT2D eigenvalue weighted by Gasteiger charge is -2.08. The van der Waals surface area contributed by atoms with Crippen molar-refractivity contribution in [2.75, 3.05) is 0 Å². The topological polar surface area (TPSA) is 61.2 Å². The van der Waals surface area contributed by atoms with E-state index in [0.717, 1.165) is 15.5 Å². The maximum atomic E-state index is 12.6. The molecule has 5 nitrogen and oxygen atoms in total. The van der Waals surface area contributed by atoms with E-state index >= 15 is 0 Å². The Bertz CT molecular complexity index is 1190. The molecule has 0 spiro atoms. The van der Waals surface area contributed by atoms with Crippen LogP contribution >= 0.6 is 11.3 Å². The zero-order valence-corrected chi connectivity index (χ0v) is 16.6. The fourth-order valence-electron chi connectivity index (χ4n) is 2.83. The molecule has 6 heteroatoms. The number of aromatic nitrogens is 2. The smallest absolute Gasteiger partial charge is 0.267 e. The summed E-state index contributed by atoms with van der Waals surface area (Å²) in [4.78, 5) is 26.9. The summed E-state index contributed by atoms with van der Waals surface area (Å²) in [5.74, 6) is 1.17. The molecular weight excluding hydrogens is 384 g/mol. The predicted molar refractivity (Wildman–Crippen MR) is 114 cm³/mol. The maximum Gasteiger partial charge on any atom is 0.267 e. The summed E-state index contributed by atoms with van der Waals surface area (Å²) in [5.41, 5.74) is 0.873. The van der Waals surface area contributed by atoms with Crippen LogP contribution in [0.3, 0.4) is 0 Å². The molecule has 0 amide bonds. The van der Waals surface area contributed by atoms with Crippen LogP contribution in [-0.4, -0.2) is 15.6 Å². The van der Waals surface area contributed by atoms with Gasteiger partial charge in [-0.05, 0) is 61.5 Å². The van der Waals surface area contributed by atoms with Gasteiger partial charge < -0.3 is 4.74 Å². The van der Waals surface area contributed by atoms with Crippen LogP contribution in [0.5, 0.6) is 11.5 Å². The first kappa shape index (κ1) is 18.8. The van der Waals surface area contributed by atoms with Gasteiger partial charge in [0.2, 0.25) is 0 Å². The normalized spacial score (nSPS) is 10.7. The highest BCUT2D eigenvalue weighted by atomic mass is 32.1. The van der Waals surface area contributed by atoms with Crippen LogP contribution in [0.2, 0.25) is 0 Å². The van der Waals surface area contributed by atoms with E-state index in [0.29, 0.717) is 17.0 Å². The third kappa shape index (κ3) is 4.50. The number of rotatable bonds is 6. The van der Waals surface area contributed by atoms with Crippen LogP contribution in [0.1, 0.15) is 15.2 Å². The van der Waals surface area contributed by atoms with Crippen molar-refractivity contribution in [2.45, 2.75) is 13.5 Å². The lowest BCUT2D eigenvalue weighted by atomic mass is 10.1. The molecule has 0 unspecified atom stereocenters. The predicted octanol–water partition coefficient (Wildman–Crippen LogP) is 4.96. The number of aryl methyl sites for hydroxylation is 1. The Morgan fingerprint density at radius 2 is 1.66 bits per heavy atom. The highest BCUT2D eigenvalue weighted by Crippen LogP contribution is 2.25. The first-order chi connectivity index (χ1) is 14.1. The fourth-order valence-corrected chi connectivity index (χ4v) is 3.66. The third-order valence-corrected chi connectivity index (χ3v) is 5.33. The number of thiophene rings is 1. The molecule has 0 aliphatic carbocycles. The summed E-state index contributed by atoms with van der Waals surface area (Å²) in [6, 6.07) is 23.4. The summed E-state index contributed by atoms with van der Waals surface area (Å²) in [6.45, 7) is 1.90. The van der Waals surface area contributed by atoms with Crippen LogP contribution in [0, 0.1) is 6.92 Å². The number of nitrogens with zero attached hydrogens (tertiary/aromatic N) is 2. The van der Waals surface area contributed by atoms with Crippen molar-refractivity contribution in [3.8, 4) is 22.1 Å². The van der Waals surface area contributed by atoms with Gasteiger partial charge in [-0.3, -0.25) is 9.59 Å². The molecule has 0 aliphatic rings. The number of carbonyl (C=O) groups excluding carboxylic acids is 1. The van der Waals surface area contributed by atoms with Gasteiger partial charge in [0.25, 0.3) is 5.56 Å². The van der Waals surface area contributed by atoms with Gasteiger partial charge >= 0.3 is 0 Å². The van der Waals surface area contributed by atoms with Crippen molar-refractivity contribution in [3.05, 3.63) is 99.7 Å². The van der Waals surface area contributed by atoms with Gasteiger partial charge in [0.15, 0.2) is 5.78 Å². The SMILES string of the molecule is Cc1ccc(-c2ccc(=O)n(CC(=O)c3ccc(Oc4ccccc4)cc3)n2)s1. The minimum Gasteiger partial charge on any atom is -0.457 e. The van der Waals surface area contributed by atoms with Gasteiger partial charge in [-0.2, -0.15) is 5.10 Å². The quantitative estimate of drug-likeness (QED) is 0.428. The number of benzene rings is 2. The molecular formula is C23H18N2O3S. The third-order valence-electron chi connectivity index (χ3n) is 4.31. The largest absolute Gasteiger partial charge is 0.457 e. The zero-order valence-electron chi connectivity index (χ0n) is 15.7. The average Bonchev–Trinajstić information content (AvgIpc) is 3.17. The molecule has 2 aromatic heterocycles. The molecule has 2 aromatic carbocycles.